The molecule has 0 aliphatic carbocycles. The molecule has 1 atom stereocenters. The maximum absolute atomic E-state index is 3.63. The Morgan fingerprint density at radius 2 is 2.00 bits per heavy atom. The van der Waals surface area contributed by atoms with Crippen molar-refractivity contribution < 1.29 is 0 Å². The van der Waals surface area contributed by atoms with Crippen molar-refractivity contribution >= 4 is 15.9 Å². The van der Waals surface area contributed by atoms with Crippen LogP contribution in [-0.4, -0.2) is 6.04 Å². The lowest BCUT2D eigenvalue weighted by atomic mass is 9.85. The summed E-state index contributed by atoms with van der Waals surface area (Å²) in [5.41, 5.74) is 1.65. The van der Waals surface area contributed by atoms with Crippen molar-refractivity contribution in [3.8, 4) is 0 Å². The molecule has 1 aromatic carbocycles. The molecule has 0 saturated carbocycles. The van der Waals surface area contributed by atoms with E-state index in [1.165, 1.54) is 5.56 Å². The molecule has 0 aromatic heterocycles. The fraction of sp³-hybridized carbons (Fsp3) is 0.571. The first-order valence-electron chi connectivity index (χ1n) is 5.91. The number of hydrogen-bond donors (Lipinski definition) is 1. The largest absolute Gasteiger partial charge is 0.309 e. The van der Waals surface area contributed by atoms with Gasteiger partial charge in [-0.15, -0.1) is 0 Å². The van der Waals surface area contributed by atoms with Gasteiger partial charge in [-0.2, -0.15) is 0 Å². The standard InChI is InChI=1S/C14H22BrN/c1-5-13(14(2,3)4)16-10-11-7-6-8-12(15)9-11/h6-9,13,16H,5,10H2,1-4H3/t13-/m0/s1. The molecule has 0 aliphatic heterocycles. The summed E-state index contributed by atoms with van der Waals surface area (Å²) in [4.78, 5) is 0. The van der Waals surface area contributed by atoms with Gasteiger partial charge in [0.1, 0.15) is 0 Å². The van der Waals surface area contributed by atoms with Gasteiger partial charge in [0, 0.05) is 17.1 Å². The normalized spacial score (nSPS) is 13.8. The second-order valence-corrected chi connectivity index (χ2v) is 6.25. The molecule has 90 valence electrons. The zero-order chi connectivity index (χ0) is 12.2. The fourth-order valence-electron chi connectivity index (χ4n) is 1.95. The van der Waals surface area contributed by atoms with E-state index in [-0.39, 0.29) is 0 Å². The average molecular weight is 284 g/mol. The Hall–Kier alpha value is -0.340. The third-order valence-electron chi connectivity index (χ3n) is 2.90. The summed E-state index contributed by atoms with van der Waals surface area (Å²) >= 11 is 3.50. The van der Waals surface area contributed by atoms with Crippen LogP contribution in [0.5, 0.6) is 0 Å². The van der Waals surface area contributed by atoms with E-state index in [1.807, 2.05) is 0 Å². The molecule has 1 rings (SSSR count). The van der Waals surface area contributed by atoms with E-state index in [0.29, 0.717) is 11.5 Å². The van der Waals surface area contributed by atoms with Crippen LogP contribution in [0.3, 0.4) is 0 Å². The lowest BCUT2D eigenvalue weighted by molar-refractivity contribution is 0.259. The Morgan fingerprint density at radius 3 is 2.50 bits per heavy atom. The molecule has 2 heteroatoms. The van der Waals surface area contributed by atoms with Gasteiger partial charge in [-0.3, -0.25) is 0 Å². The van der Waals surface area contributed by atoms with E-state index in [1.54, 1.807) is 0 Å². The van der Waals surface area contributed by atoms with Gasteiger partial charge in [0.05, 0.1) is 0 Å². The van der Waals surface area contributed by atoms with E-state index < -0.39 is 0 Å². The van der Waals surface area contributed by atoms with Gasteiger partial charge in [0.25, 0.3) is 0 Å². The quantitative estimate of drug-likeness (QED) is 0.866. The zero-order valence-corrected chi connectivity index (χ0v) is 12.3. The maximum atomic E-state index is 3.63. The van der Waals surface area contributed by atoms with Gasteiger partial charge in [-0.05, 0) is 29.5 Å². The van der Waals surface area contributed by atoms with Crippen LogP contribution in [0, 0.1) is 5.41 Å². The van der Waals surface area contributed by atoms with Crippen LogP contribution in [0.2, 0.25) is 0 Å². The van der Waals surface area contributed by atoms with E-state index in [4.69, 9.17) is 0 Å². The zero-order valence-electron chi connectivity index (χ0n) is 10.7. The van der Waals surface area contributed by atoms with Crippen molar-refractivity contribution in [2.75, 3.05) is 0 Å². The molecule has 1 N–H and O–H groups in total. The van der Waals surface area contributed by atoms with Gasteiger partial charge in [0.2, 0.25) is 0 Å². The second-order valence-electron chi connectivity index (χ2n) is 5.34. The average Bonchev–Trinajstić information content (AvgIpc) is 2.16. The van der Waals surface area contributed by atoms with Crippen molar-refractivity contribution in [2.24, 2.45) is 5.41 Å². The lowest BCUT2D eigenvalue weighted by Crippen LogP contribution is -2.39. The molecular weight excluding hydrogens is 262 g/mol. The van der Waals surface area contributed by atoms with Gasteiger partial charge < -0.3 is 5.32 Å². The predicted molar refractivity (Wildman–Crippen MR) is 74.5 cm³/mol. The Kier molecular flexibility index (Phi) is 5.00. The Labute approximate surface area is 108 Å². The van der Waals surface area contributed by atoms with Gasteiger partial charge in [0.15, 0.2) is 0 Å². The van der Waals surface area contributed by atoms with E-state index >= 15 is 0 Å². The molecule has 0 heterocycles. The monoisotopic (exact) mass is 283 g/mol. The molecule has 0 saturated heterocycles. The molecule has 0 bridgehead atoms. The summed E-state index contributed by atoms with van der Waals surface area (Å²) in [7, 11) is 0. The highest BCUT2D eigenvalue weighted by Gasteiger charge is 2.21. The van der Waals surface area contributed by atoms with Crippen LogP contribution in [0.1, 0.15) is 39.7 Å². The molecule has 1 aromatic rings. The van der Waals surface area contributed by atoms with Gasteiger partial charge in [-0.25, -0.2) is 0 Å². The van der Waals surface area contributed by atoms with E-state index in [0.717, 1.165) is 17.4 Å². The molecule has 0 spiro atoms. The molecule has 1 nitrogen and oxygen atoms in total. The van der Waals surface area contributed by atoms with Crippen LogP contribution >= 0.6 is 15.9 Å². The van der Waals surface area contributed by atoms with Crippen LogP contribution in [0.15, 0.2) is 28.7 Å². The van der Waals surface area contributed by atoms with Gasteiger partial charge >= 0.3 is 0 Å². The Balaban J connectivity index is 2.56. The highest BCUT2D eigenvalue weighted by Crippen LogP contribution is 2.22. The molecule has 0 aliphatic rings. The molecule has 0 amide bonds. The molecule has 0 unspecified atom stereocenters. The number of halogens is 1. The molecule has 0 radical (unpaired) electrons. The van der Waals surface area contributed by atoms with Crippen molar-refractivity contribution in [3.63, 3.8) is 0 Å². The van der Waals surface area contributed by atoms with E-state index in [9.17, 15) is 0 Å². The molecule has 0 fully saturated rings. The summed E-state index contributed by atoms with van der Waals surface area (Å²) in [6.07, 6.45) is 1.16. The van der Waals surface area contributed by atoms with Crippen LogP contribution in [0.4, 0.5) is 0 Å². The Morgan fingerprint density at radius 1 is 1.31 bits per heavy atom. The minimum absolute atomic E-state index is 0.320. The first-order chi connectivity index (χ1) is 7.43. The van der Waals surface area contributed by atoms with Crippen LogP contribution in [0.25, 0.3) is 0 Å². The molecule has 16 heavy (non-hydrogen) atoms. The number of rotatable bonds is 4. The van der Waals surface area contributed by atoms with Crippen LogP contribution < -0.4 is 5.32 Å². The fourth-order valence-corrected chi connectivity index (χ4v) is 2.40. The first-order valence-corrected chi connectivity index (χ1v) is 6.70. The molecular formula is C14H22BrN. The number of hydrogen-bond acceptors (Lipinski definition) is 1. The van der Waals surface area contributed by atoms with E-state index in [2.05, 4.69) is 73.2 Å². The van der Waals surface area contributed by atoms with Crippen molar-refractivity contribution in [2.45, 2.75) is 46.7 Å². The topological polar surface area (TPSA) is 12.0 Å². The third-order valence-corrected chi connectivity index (χ3v) is 3.39. The summed E-state index contributed by atoms with van der Waals surface area (Å²) in [5, 5.41) is 3.63. The first kappa shape index (κ1) is 13.7. The number of benzene rings is 1. The summed E-state index contributed by atoms with van der Waals surface area (Å²) in [6, 6.07) is 9.03. The summed E-state index contributed by atoms with van der Waals surface area (Å²) in [6.45, 7) is 10.0. The summed E-state index contributed by atoms with van der Waals surface area (Å²) < 4.78 is 1.15. The minimum atomic E-state index is 0.320. The summed E-state index contributed by atoms with van der Waals surface area (Å²) in [5.74, 6) is 0. The SMILES string of the molecule is CC[C@H](NCc1cccc(Br)c1)C(C)(C)C. The van der Waals surface area contributed by atoms with Crippen molar-refractivity contribution in [1.82, 2.24) is 5.32 Å². The highest BCUT2D eigenvalue weighted by molar-refractivity contribution is 9.10. The second kappa shape index (κ2) is 5.83. The third kappa shape index (κ3) is 4.26. The number of nitrogens with one attached hydrogen (secondary N) is 1. The Bertz CT molecular complexity index is 328. The predicted octanol–water partition coefficient (Wildman–Crippen LogP) is 4.36. The van der Waals surface area contributed by atoms with Gasteiger partial charge in [-0.1, -0.05) is 55.8 Å². The van der Waals surface area contributed by atoms with Crippen molar-refractivity contribution in [3.05, 3.63) is 34.3 Å². The van der Waals surface area contributed by atoms with Crippen LogP contribution in [-0.2, 0) is 6.54 Å². The lowest BCUT2D eigenvalue weighted by Gasteiger charge is -2.30. The smallest absolute Gasteiger partial charge is 0.0208 e. The van der Waals surface area contributed by atoms with Crippen molar-refractivity contribution in [1.29, 1.82) is 0 Å². The highest BCUT2D eigenvalue weighted by atomic mass is 79.9. The minimum Gasteiger partial charge on any atom is -0.309 e. The maximum Gasteiger partial charge on any atom is 0.0208 e.